The van der Waals surface area contributed by atoms with Crippen LogP contribution in [-0.2, 0) is 6.61 Å². The van der Waals surface area contributed by atoms with Crippen LogP contribution in [0.3, 0.4) is 0 Å². The SMILES string of the molecule is CCOc1cc(C#N)ccc1OCc1csc(Nc2ccccc2)n1. The lowest BCUT2D eigenvalue weighted by Gasteiger charge is -2.11. The van der Waals surface area contributed by atoms with Crippen LogP contribution in [0.4, 0.5) is 10.8 Å². The van der Waals surface area contributed by atoms with Gasteiger partial charge < -0.3 is 14.8 Å². The van der Waals surface area contributed by atoms with Crippen molar-refractivity contribution >= 4 is 22.2 Å². The number of nitriles is 1. The molecule has 0 saturated carbocycles. The number of para-hydroxylation sites is 1. The smallest absolute Gasteiger partial charge is 0.187 e. The molecule has 0 saturated heterocycles. The van der Waals surface area contributed by atoms with Gasteiger partial charge in [0.05, 0.1) is 23.9 Å². The van der Waals surface area contributed by atoms with E-state index in [4.69, 9.17) is 14.7 Å². The van der Waals surface area contributed by atoms with Crippen LogP contribution in [0.2, 0.25) is 0 Å². The molecule has 126 valence electrons. The normalized spacial score (nSPS) is 10.1. The molecule has 0 spiro atoms. The van der Waals surface area contributed by atoms with Crippen molar-refractivity contribution in [3.8, 4) is 17.6 Å². The molecule has 0 atom stereocenters. The first-order chi connectivity index (χ1) is 12.3. The highest BCUT2D eigenvalue weighted by Gasteiger charge is 2.09. The molecule has 0 fully saturated rings. The van der Waals surface area contributed by atoms with Gasteiger partial charge in [-0.1, -0.05) is 18.2 Å². The van der Waals surface area contributed by atoms with Gasteiger partial charge in [0.2, 0.25) is 0 Å². The van der Waals surface area contributed by atoms with E-state index >= 15 is 0 Å². The van der Waals surface area contributed by atoms with E-state index in [1.165, 1.54) is 11.3 Å². The lowest BCUT2D eigenvalue weighted by molar-refractivity contribution is 0.267. The number of rotatable bonds is 7. The molecular formula is C19H17N3O2S. The fourth-order valence-electron chi connectivity index (χ4n) is 2.19. The summed E-state index contributed by atoms with van der Waals surface area (Å²) in [6.45, 7) is 2.73. The number of nitrogens with zero attached hydrogens (tertiary/aromatic N) is 2. The largest absolute Gasteiger partial charge is 0.490 e. The van der Waals surface area contributed by atoms with Crippen LogP contribution in [0.25, 0.3) is 0 Å². The Bertz CT molecular complexity index is 872. The molecule has 1 N–H and O–H groups in total. The molecule has 0 unspecified atom stereocenters. The average Bonchev–Trinajstić information content (AvgIpc) is 3.09. The summed E-state index contributed by atoms with van der Waals surface area (Å²) >= 11 is 1.52. The van der Waals surface area contributed by atoms with Crippen molar-refractivity contribution in [2.45, 2.75) is 13.5 Å². The minimum absolute atomic E-state index is 0.332. The maximum absolute atomic E-state index is 8.99. The number of thiazole rings is 1. The standard InChI is InChI=1S/C19H17N3O2S/c1-2-23-18-10-14(11-20)8-9-17(18)24-12-16-13-25-19(22-16)21-15-6-4-3-5-7-15/h3-10,13H,2,12H2,1H3,(H,21,22). The van der Waals surface area contributed by atoms with Gasteiger partial charge >= 0.3 is 0 Å². The second kappa shape index (κ2) is 8.18. The summed E-state index contributed by atoms with van der Waals surface area (Å²) < 4.78 is 11.4. The van der Waals surface area contributed by atoms with Gasteiger partial charge in [0.15, 0.2) is 16.6 Å². The van der Waals surface area contributed by atoms with E-state index in [1.807, 2.05) is 42.6 Å². The van der Waals surface area contributed by atoms with Crippen molar-refractivity contribution in [3.05, 3.63) is 65.2 Å². The van der Waals surface area contributed by atoms with Gasteiger partial charge in [0, 0.05) is 17.1 Å². The summed E-state index contributed by atoms with van der Waals surface area (Å²) in [7, 11) is 0. The molecule has 3 rings (SSSR count). The van der Waals surface area contributed by atoms with Crippen molar-refractivity contribution in [2.24, 2.45) is 0 Å². The van der Waals surface area contributed by atoms with Crippen molar-refractivity contribution in [2.75, 3.05) is 11.9 Å². The predicted octanol–water partition coefficient (Wildman–Crippen LogP) is 4.74. The third-order valence-corrected chi connectivity index (χ3v) is 4.13. The molecule has 25 heavy (non-hydrogen) atoms. The van der Waals surface area contributed by atoms with Crippen LogP contribution in [0.1, 0.15) is 18.2 Å². The number of ether oxygens (including phenoxy) is 2. The van der Waals surface area contributed by atoms with E-state index in [-0.39, 0.29) is 0 Å². The number of hydrogen-bond acceptors (Lipinski definition) is 6. The molecule has 0 bridgehead atoms. The van der Waals surface area contributed by atoms with Crippen molar-refractivity contribution in [1.82, 2.24) is 4.98 Å². The Morgan fingerprint density at radius 1 is 1.12 bits per heavy atom. The zero-order valence-electron chi connectivity index (χ0n) is 13.7. The maximum atomic E-state index is 8.99. The molecule has 6 heteroatoms. The second-order valence-corrected chi connectivity index (χ2v) is 5.99. The summed E-state index contributed by atoms with van der Waals surface area (Å²) in [5.74, 6) is 1.17. The molecule has 1 aromatic heterocycles. The first-order valence-electron chi connectivity index (χ1n) is 7.84. The van der Waals surface area contributed by atoms with E-state index in [1.54, 1.807) is 18.2 Å². The number of aromatic nitrogens is 1. The number of anilines is 2. The van der Waals surface area contributed by atoms with Gasteiger partial charge in [-0.15, -0.1) is 11.3 Å². The molecule has 0 aliphatic rings. The van der Waals surface area contributed by atoms with Gasteiger partial charge in [-0.2, -0.15) is 5.26 Å². The Labute approximate surface area is 150 Å². The van der Waals surface area contributed by atoms with E-state index in [0.29, 0.717) is 30.3 Å². The highest BCUT2D eigenvalue weighted by Crippen LogP contribution is 2.29. The molecule has 2 aromatic carbocycles. The van der Waals surface area contributed by atoms with Crippen molar-refractivity contribution < 1.29 is 9.47 Å². The van der Waals surface area contributed by atoms with Crippen LogP contribution in [0, 0.1) is 11.3 Å². The topological polar surface area (TPSA) is 67.2 Å². The van der Waals surface area contributed by atoms with Gasteiger partial charge in [0.25, 0.3) is 0 Å². The molecule has 0 aliphatic carbocycles. The van der Waals surface area contributed by atoms with E-state index in [2.05, 4.69) is 16.4 Å². The fraction of sp³-hybridized carbons (Fsp3) is 0.158. The molecule has 3 aromatic rings. The lowest BCUT2D eigenvalue weighted by atomic mass is 10.2. The van der Waals surface area contributed by atoms with Gasteiger partial charge in [0.1, 0.15) is 6.61 Å². The van der Waals surface area contributed by atoms with Gasteiger partial charge in [-0.05, 0) is 31.2 Å². The molecule has 0 aliphatic heterocycles. The van der Waals surface area contributed by atoms with Crippen LogP contribution in [-0.4, -0.2) is 11.6 Å². The van der Waals surface area contributed by atoms with Crippen LogP contribution >= 0.6 is 11.3 Å². The summed E-state index contributed by atoms with van der Waals surface area (Å²) in [5, 5.41) is 15.0. The van der Waals surface area contributed by atoms with E-state index < -0.39 is 0 Å². The summed E-state index contributed by atoms with van der Waals surface area (Å²) in [6.07, 6.45) is 0. The summed E-state index contributed by atoms with van der Waals surface area (Å²) in [5.41, 5.74) is 2.36. The first kappa shape index (κ1) is 16.8. The Morgan fingerprint density at radius 2 is 1.96 bits per heavy atom. The molecule has 1 heterocycles. The lowest BCUT2D eigenvalue weighted by Crippen LogP contribution is -2.00. The number of hydrogen-bond donors (Lipinski definition) is 1. The summed E-state index contributed by atoms with van der Waals surface area (Å²) in [6, 6.07) is 17.1. The number of benzene rings is 2. The predicted molar refractivity (Wildman–Crippen MR) is 98.5 cm³/mol. The van der Waals surface area contributed by atoms with Gasteiger partial charge in [-0.25, -0.2) is 4.98 Å². The monoisotopic (exact) mass is 351 g/mol. The van der Waals surface area contributed by atoms with E-state index in [9.17, 15) is 0 Å². The minimum atomic E-state index is 0.332. The molecule has 0 amide bonds. The Hall–Kier alpha value is -3.04. The Morgan fingerprint density at radius 3 is 2.72 bits per heavy atom. The average molecular weight is 351 g/mol. The zero-order valence-corrected chi connectivity index (χ0v) is 14.5. The van der Waals surface area contributed by atoms with Crippen LogP contribution < -0.4 is 14.8 Å². The minimum Gasteiger partial charge on any atom is -0.490 e. The quantitative estimate of drug-likeness (QED) is 0.666. The third-order valence-electron chi connectivity index (χ3n) is 3.33. The Kier molecular flexibility index (Phi) is 5.50. The van der Waals surface area contributed by atoms with Crippen LogP contribution in [0.5, 0.6) is 11.5 Å². The first-order valence-corrected chi connectivity index (χ1v) is 8.72. The number of nitrogens with one attached hydrogen (secondary N) is 1. The third kappa shape index (κ3) is 4.49. The fourth-order valence-corrected chi connectivity index (χ4v) is 2.91. The molecular weight excluding hydrogens is 334 g/mol. The zero-order chi connectivity index (χ0) is 17.5. The molecule has 5 nitrogen and oxygen atoms in total. The second-order valence-electron chi connectivity index (χ2n) is 5.13. The highest BCUT2D eigenvalue weighted by molar-refractivity contribution is 7.13. The maximum Gasteiger partial charge on any atom is 0.187 e. The highest BCUT2D eigenvalue weighted by atomic mass is 32.1. The Balaban J connectivity index is 1.65. The van der Waals surface area contributed by atoms with Crippen molar-refractivity contribution in [1.29, 1.82) is 5.26 Å². The molecule has 0 radical (unpaired) electrons. The van der Waals surface area contributed by atoms with Crippen LogP contribution in [0.15, 0.2) is 53.9 Å². The van der Waals surface area contributed by atoms with E-state index in [0.717, 1.165) is 16.5 Å². The summed E-state index contributed by atoms with van der Waals surface area (Å²) in [4.78, 5) is 4.52. The van der Waals surface area contributed by atoms with Gasteiger partial charge in [-0.3, -0.25) is 0 Å². The van der Waals surface area contributed by atoms with Crippen molar-refractivity contribution in [3.63, 3.8) is 0 Å².